The van der Waals surface area contributed by atoms with Crippen LogP contribution in [0.15, 0.2) is 0 Å². The predicted molar refractivity (Wildman–Crippen MR) is 50.6 cm³/mol. The molecule has 0 amide bonds. The van der Waals surface area contributed by atoms with Crippen molar-refractivity contribution in [2.75, 3.05) is 0 Å². The van der Waals surface area contributed by atoms with Crippen molar-refractivity contribution in [1.29, 1.82) is 0 Å². The first kappa shape index (κ1) is 14.0. The van der Waals surface area contributed by atoms with Crippen LogP contribution in [0.3, 0.4) is 0 Å². The fraction of sp³-hybridized carbons (Fsp3) is 1.00. The molecule has 0 heterocycles. The van der Waals surface area contributed by atoms with Crippen molar-refractivity contribution < 1.29 is 0 Å². The number of nitrogens with one attached hydrogen (secondary N) is 1. The van der Waals surface area contributed by atoms with E-state index in [9.17, 15) is 0 Å². The lowest BCUT2D eigenvalue weighted by Crippen LogP contribution is -2.41. The fourth-order valence-electron chi connectivity index (χ4n) is 0.385. The smallest absolute Gasteiger partial charge is 0.168 e. The van der Waals surface area contributed by atoms with E-state index in [2.05, 4.69) is 5.32 Å². The summed E-state index contributed by atoms with van der Waals surface area (Å²) in [6.45, 7) is 3.08. The molecule has 0 saturated heterocycles. The Bertz CT molecular complexity index is 78.8. The van der Waals surface area contributed by atoms with Gasteiger partial charge in [0, 0.05) is 0 Å². The van der Waals surface area contributed by atoms with Crippen molar-refractivity contribution in [2.45, 2.75) is 22.8 Å². The molecule has 0 aromatic rings. The van der Waals surface area contributed by atoms with Crippen LogP contribution < -0.4 is 5.32 Å². The first-order valence-corrected chi connectivity index (χ1v) is 3.77. The quantitative estimate of drug-likeness (QED) is 0.583. The van der Waals surface area contributed by atoms with Crippen molar-refractivity contribution in [2.24, 2.45) is 0 Å². The molecule has 1 N–H and O–H groups in total. The lowest BCUT2D eigenvalue weighted by Gasteiger charge is -2.23. The van der Waals surface area contributed by atoms with E-state index >= 15 is 0 Å². The summed E-state index contributed by atoms with van der Waals surface area (Å²) in [4.78, 5) is 0. The molecule has 0 bridgehead atoms. The van der Waals surface area contributed by atoms with Gasteiger partial charge in [-0.3, -0.25) is 5.32 Å². The number of hydrogen-bond acceptors (Lipinski definition) is 1. The maximum atomic E-state index is 5.50. The standard InChI is InChI=1S/C4H7Cl4N.ClH/c1-3(5,6)9-4(2,7)8;/h9H,1-2H3;1H. The Kier molecular flexibility index (Phi) is 6.20. The summed E-state index contributed by atoms with van der Waals surface area (Å²) in [7, 11) is 0. The second kappa shape index (κ2) is 4.44. The Balaban J connectivity index is 0. The van der Waals surface area contributed by atoms with E-state index in [1.165, 1.54) is 0 Å². The van der Waals surface area contributed by atoms with Gasteiger partial charge in [0.05, 0.1) is 0 Å². The number of hydrogen-bond donors (Lipinski definition) is 1. The minimum absolute atomic E-state index is 0. The van der Waals surface area contributed by atoms with Crippen LogP contribution in [0, 0.1) is 0 Å². The van der Waals surface area contributed by atoms with E-state index in [1.807, 2.05) is 0 Å². The van der Waals surface area contributed by atoms with Crippen LogP contribution in [0.5, 0.6) is 0 Å². The molecule has 0 spiro atoms. The topological polar surface area (TPSA) is 12.0 Å². The van der Waals surface area contributed by atoms with Gasteiger partial charge in [-0.2, -0.15) is 0 Å². The molecule has 0 rings (SSSR count). The zero-order valence-corrected chi connectivity index (χ0v) is 9.26. The monoisotopic (exact) mass is 245 g/mol. The molecule has 0 saturated carbocycles. The molecule has 1 nitrogen and oxygen atoms in total. The Labute approximate surface area is 86.8 Å². The van der Waals surface area contributed by atoms with Gasteiger partial charge in [0.2, 0.25) is 0 Å². The van der Waals surface area contributed by atoms with Crippen molar-refractivity contribution in [3.63, 3.8) is 0 Å². The van der Waals surface area contributed by atoms with Gasteiger partial charge in [-0.1, -0.05) is 46.4 Å². The molecular formula is C4H8Cl5N. The Hall–Kier alpha value is 1.41. The molecule has 0 aliphatic heterocycles. The Morgan fingerprint density at radius 1 is 0.900 bits per heavy atom. The number of alkyl halides is 4. The molecule has 0 aliphatic rings. The van der Waals surface area contributed by atoms with Gasteiger partial charge >= 0.3 is 0 Å². The zero-order valence-electron chi connectivity index (χ0n) is 5.42. The van der Waals surface area contributed by atoms with E-state index in [0.29, 0.717) is 0 Å². The van der Waals surface area contributed by atoms with Gasteiger partial charge in [0.1, 0.15) is 0 Å². The third-order valence-electron chi connectivity index (χ3n) is 0.439. The van der Waals surface area contributed by atoms with E-state index in [1.54, 1.807) is 13.8 Å². The van der Waals surface area contributed by atoms with Gasteiger partial charge in [0.15, 0.2) is 8.91 Å². The van der Waals surface area contributed by atoms with Crippen LogP contribution >= 0.6 is 58.8 Å². The first-order valence-electron chi connectivity index (χ1n) is 2.26. The van der Waals surface area contributed by atoms with Crippen LogP contribution in [-0.4, -0.2) is 8.91 Å². The molecule has 0 unspecified atom stereocenters. The Morgan fingerprint density at radius 3 is 1.10 bits per heavy atom. The van der Waals surface area contributed by atoms with Crippen LogP contribution in [0.2, 0.25) is 0 Å². The van der Waals surface area contributed by atoms with Gasteiger partial charge < -0.3 is 0 Å². The molecule has 0 aromatic carbocycles. The largest absolute Gasteiger partial charge is 0.255 e. The van der Waals surface area contributed by atoms with Gasteiger partial charge in [0.25, 0.3) is 0 Å². The summed E-state index contributed by atoms with van der Waals surface area (Å²) < 4.78 is -2.17. The normalized spacial score (nSPS) is 12.6. The highest BCUT2D eigenvalue weighted by molar-refractivity contribution is 6.51. The average Bonchev–Trinajstić information content (AvgIpc) is 1.14. The average molecular weight is 247 g/mol. The molecular weight excluding hydrogens is 239 g/mol. The van der Waals surface area contributed by atoms with Crippen molar-refractivity contribution in [1.82, 2.24) is 5.32 Å². The molecule has 0 radical (unpaired) electrons. The molecule has 0 aromatic heterocycles. The second-order valence-electron chi connectivity index (χ2n) is 1.90. The van der Waals surface area contributed by atoms with Crippen molar-refractivity contribution in [3.05, 3.63) is 0 Å². The highest BCUT2D eigenvalue weighted by atomic mass is 35.5. The maximum absolute atomic E-state index is 5.50. The SMILES string of the molecule is CC(Cl)(Cl)NC(C)(Cl)Cl.Cl. The summed E-state index contributed by atoms with van der Waals surface area (Å²) >= 11 is 22.0. The van der Waals surface area contributed by atoms with E-state index in [0.717, 1.165) is 0 Å². The molecule has 0 fully saturated rings. The Morgan fingerprint density at radius 2 is 1.10 bits per heavy atom. The molecule has 64 valence electrons. The highest BCUT2D eigenvalue weighted by Gasteiger charge is 2.26. The molecule has 0 atom stereocenters. The lowest BCUT2D eigenvalue weighted by atomic mass is 10.6. The summed E-state index contributed by atoms with van der Waals surface area (Å²) in [5.74, 6) is 0. The zero-order chi connectivity index (χ0) is 7.71. The van der Waals surface area contributed by atoms with Crippen LogP contribution in [0.25, 0.3) is 0 Å². The third-order valence-corrected chi connectivity index (χ3v) is 0.817. The molecule has 6 heteroatoms. The minimum Gasteiger partial charge on any atom is -0.255 e. The van der Waals surface area contributed by atoms with Crippen LogP contribution in [-0.2, 0) is 0 Å². The maximum Gasteiger partial charge on any atom is 0.168 e. The van der Waals surface area contributed by atoms with Gasteiger partial charge in [-0.15, -0.1) is 12.4 Å². The molecule has 10 heavy (non-hydrogen) atoms. The third kappa shape index (κ3) is 12.1. The summed E-state index contributed by atoms with van der Waals surface area (Å²) in [5.41, 5.74) is 0. The van der Waals surface area contributed by atoms with Crippen LogP contribution in [0.4, 0.5) is 0 Å². The highest BCUT2D eigenvalue weighted by Crippen LogP contribution is 2.25. The van der Waals surface area contributed by atoms with E-state index < -0.39 is 8.91 Å². The van der Waals surface area contributed by atoms with Gasteiger partial charge in [-0.25, -0.2) is 0 Å². The summed E-state index contributed by atoms with van der Waals surface area (Å²) in [6, 6.07) is 0. The van der Waals surface area contributed by atoms with Crippen molar-refractivity contribution >= 4 is 58.8 Å². The predicted octanol–water partition coefficient (Wildman–Crippen LogP) is 3.30. The second-order valence-corrected chi connectivity index (χ2v) is 5.31. The number of rotatable bonds is 2. The van der Waals surface area contributed by atoms with E-state index in [4.69, 9.17) is 46.4 Å². The minimum atomic E-state index is -1.09. The van der Waals surface area contributed by atoms with Gasteiger partial charge in [-0.05, 0) is 13.8 Å². The summed E-state index contributed by atoms with van der Waals surface area (Å²) in [6.07, 6.45) is 0. The summed E-state index contributed by atoms with van der Waals surface area (Å²) in [5, 5.41) is 2.52. The molecule has 0 aliphatic carbocycles. The van der Waals surface area contributed by atoms with Crippen LogP contribution in [0.1, 0.15) is 13.8 Å². The van der Waals surface area contributed by atoms with Crippen molar-refractivity contribution in [3.8, 4) is 0 Å². The first-order chi connectivity index (χ1) is 3.71. The number of halogens is 5. The van der Waals surface area contributed by atoms with E-state index in [-0.39, 0.29) is 12.4 Å². The fourth-order valence-corrected chi connectivity index (χ4v) is 1.33. The lowest BCUT2D eigenvalue weighted by molar-refractivity contribution is 0.579.